The Kier molecular flexibility index (Phi) is 8.61. The number of rotatable bonds is 7. The summed E-state index contributed by atoms with van der Waals surface area (Å²) >= 11 is 0. The molecular weight excluding hydrogens is 367 g/mol. The molecule has 3 nitrogen and oxygen atoms in total. The van der Waals surface area contributed by atoms with Crippen LogP contribution in [0, 0.1) is 0 Å². The maximum atomic E-state index is 12.7. The quantitative estimate of drug-likeness (QED) is 0.539. The van der Waals surface area contributed by atoms with E-state index in [4.69, 9.17) is 4.74 Å². The van der Waals surface area contributed by atoms with Crippen molar-refractivity contribution in [2.24, 2.45) is 0 Å². The van der Waals surface area contributed by atoms with Crippen LogP contribution in [0.25, 0.3) is 0 Å². The Labute approximate surface area is 157 Å². The van der Waals surface area contributed by atoms with Crippen LogP contribution in [-0.4, -0.2) is 25.2 Å². The molecule has 0 aliphatic heterocycles. The third-order valence-electron chi connectivity index (χ3n) is 3.74. The summed E-state index contributed by atoms with van der Waals surface area (Å²) in [5, 5.41) is 1.96. The maximum absolute atomic E-state index is 12.7. The Morgan fingerprint density at radius 1 is 1.12 bits per heavy atom. The summed E-state index contributed by atoms with van der Waals surface area (Å²) in [5.74, 6) is -0.375. The molecular formula is C19H21ClF3NO2. The lowest BCUT2D eigenvalue weighted by Gasteiger charge is -2.13. The fourth-order valence-electron chi connectivity index (χ4n) is 2.49. The van der Waals surface area contributed by atoms with E-state index in [0.717, 1.165) is 6.07 Å². The molecule has 0 radical (unpaired) electrons. The van der Waals surface area contributed by atoms with Gasteiger partial charge in [-0.15, -0.1) is 0 Å². The SMILES string of the molecule is CC(Cc1cccc(C(F)(F)F)c1)[NH2+]CCOC(=O)c1ccccc1.[Cl-]. The van der Waals surface area contributed by atoms with Gasteiger partial charge in [-0.2, -0.15) is 13.2 Å². The van der Waals surface area contributed by atoms with E-state index in [0.29, 0.717) is 24.1 Å². The summed E-state index contributed by atoms with van der Waals surface area (Å²) < 4.78 is 43.3. The first kappa shape index (κ1) is 22.0. The molecule has 0 saturated heterocycles. The molecule has 0 fully saturated rings. The van der Waals surface area contributed by atoms with Crippen LogP contribution in [0.4, 0.5) is 13.2 Å². The van der Waals surface area contributed by atoms with E-state index < -0.39 is 11.7 Å². The van der Waals surface area contributed by atoms with E-state index in [2.05, 4.69) is 0 Å². The second-order valence-corrected chi connectivity index (χ2v) is 5.91. The molecule has 2 aromatic rings. The molecule has 0 aliphatic rings. The third kappa shape index (κ3) is 7.06. The normalized spacial score (nSPS) is 12.2. The smallest absolute Gasteiger partial charge is 0.416 e. The number of alkyl halides is 3. The lowest BCUT2D eigenvalue weighted by atomic mass is 10.0. The van der Waals surface area contributed by atoms with Gasteiger partial charge in [0.05, 0.1) is 17.2 Å². The van der Waals surface area contributed by atoms with Crippen molar-refractivity contribution >= 4 is 5.97 Å². The number of benzene rings is 2. The van der Waals surface area contributed by atoms with Crippen LogP contribution in [0.1, 0.15) is 28.4 Å². The second-order valence-electron chi connectivity index (χ2n) is 5.91. The highest BCUT2D eigenvalue weighted by molar-refractivity contribution is 5.89. The number of ether oxygens (including phenoxy) is 1. The van der Waals surface area contributed by atoms with E-state index in [1.807, 2.05) is 18.3 Å². The number of quaternary nitrogens is 1. The minimum absolute atomic E-state index is 0. The topological polar surface area (TPSA) is 42.9 Å². The van der Waals surface area contributed by atoms with Gasteiger partial charge in [-0.25, -0.2) is 4.79 Å². The first-order valence-electron chi connectivity index (χ1n) is 8.08. The van der Waals surface area contributed by atoms with Crippen molar-refractivity contribution in [3.8, 4) is 0 Å². The summed E-state index contributed by atoms with van der Waals surface area (Å²) in [7, 11) is 0. The van der Waals surface area contributed by atoms with E-state index in [9.17, 15) is 18.0 Å². The van der Waals surface area contributed by atoms with Crippen molar-refractivity contribution in [3.63, 3.8) is 0 Å². The number of esters is 1. The van der Waals surface area contributed by atoms with Gasteiger partial charge in [-0.3, -0.25) is 0 Å². The van der Waals surface area contributed by atoms with Crippen molar-refractivity contribution in [2.75, 3.05) is 13.2 Å². The van der Waals surface area contributed by atoms with Gasteiger partial charge in [0.15, 0.2) is 0 Å². The molecule has 0 aromatic heterocycles. The highest BCUT2D eigenvalue weighted by atomic mass is 35.5. The van der Waals surface area contributed by atoms with Crippen LogP contribution < -0.4 is 17.7 Å². The minimum atomic E-state index is -4.32. The fourth-order valence-corrected chi connectivity index (χ4v) is 2.49. The van der Waals surface area contributed by atoms with E-state index in [1.54, 1.807) is 30.3 Å². The molecule has 0 bridgehead atoms. The maximum Gasteiger partial charge on any atom is 0.416 e. The van der Waals surface area contributed by atoms with Gasteiger partial charge in [0.1, 0.15) is 13.2 Å². The zero-order chi connectivity index (χ0) is 18.3. The molecule has 26 heavy (non-hydrogen) atoms. The zero-order valence-corrected chi connectivity index (χ0v) is 15.1. The Balaban J connectivity index is 0.00000338. The molecule has 0 aliphatic carbocycles. The number of halogens is 4. The Hall–Kier alpha value is -2.05. The van der Waals surface area contributed by atoms with Crippen LogP contribution in [0.2, 0.25) is 0 Å². The van der Waals surface area contributed by atoms with E-state index >= 15 is 0 Å². The summed E-state index contributed by atoms with van der Waals surface area (Å²) in [5.41, 5.74) is 0.508. The van der Waals surface area contributed by atoms with E-state index in [-0.39, 0.29) is 31.0 Å². The van der Waals surface area contributed by atoms with Gasteiger partial charge in [-0.05, 0) is 30.7 Å². The predicted octanol–water partition coefficient (Wildman–Crippen LogP) is 0.0608. The van der Waals surface area contributed by atoms with Gasteiger partial charge in [0, 0.05) is 6.42 Å². The number of carbonyl (C=O) groups is 1. The summed E-state index contributed by atoms with van der Waals surface area (Å²) in [6.07, 6.45) is -3.81. The lowest BCUT2D eigenvalue weighted by Crippen LogP contribution is -3.00. The Bertz CT molecular complexity index is 693. The van der Waals surface area contributed by atoms with Gasteiger partial charge in [0.25, 0.3) is 0 Å². The van der Waals surface area contributed by atoms with Crippen LogP contribution in [0.15, 0.2) is 54.6 Å². The van der Waals surface area contributed by atoms with Gasteiger partial charge in [-0.1, -0.05) is 36.4 Å². The zero-order valence-electron chi connectivity index (χ0n) is 14.3. The summed E-state index contributed by atoms with van der Waals surface area (Å²) in [4.78, 5) is 11.8. The van der Waals surface area contributed by atoms with Crippen molar-refractivity contribution in [3.05, 3.63) is 71.3 Å². The van der Waals surface area contributed by atoms with Crippen LogP contribution in [0.5, 0.6) is 0 Å². The average molecular weight is 388 g/mol. The fraction of sp³-hybridized carbons (Fsp3) is 0.316. The average Bonchev–Trinajstić information content (AvgIpc) is 2.59. The van der Waals surface area contributed by atoms with Crippen molar-refractivity contribution < 1.29 is 40.4 Å². The molecule has 0 spiro atoms. The molecule has 0 heterocycles. The Morgan fingerprint density at radius 2 is 1.81 bits per heavy atom. The highest BCUT2D eigenvalue weighted by Crippen LogP contribution is 2.29. The molecule has 7 heteroatoms. The molecule has 0 saturated carbocycles. The van der Waals surface area contributed by atoms with Gasteiger partial charge >= 0.3 is 12.1 Å². The predicted molar refractivity (Wildman–Crippen MR) is 88.1 cm³/mol. The van der Waals surface area contributed by atoms with Crippen molar-refractivity contribution in [1.82, 2.24) is 0 Å². The highest BCUT2D eigenvalue weighted by Gasteiger charge is 2.30. The Morgan fingerprint density at radius 3 is 2.46 bits per heavy atom. The molecule has 1 unspecified atom stereocenters. The van der Waals surface area contributed by atoms with Crippen molar-refractivity contribution in [1.29, 1.82) is 0 Å². The van der Waals surface area contributed by atoms with Gasteiger partial charge in [0.2, 0.25) is 0 Å². The van der Waals surface area contributed by atoms with Crippen LogP contribution in [0.3, 0.4) is 0 Å². The van der Waals surface area contributed by atoms with Crippen molar-refractivity contribution in [2.45, 2.75) is 25.6 Å². The van der Waals surface area contributed by atoms with E-state index in [1.165, 1.54) is 12.1 Å². The molecule has 2 aromatic carbocycles. The number of hydrogen-bond acceptors (Lipinski definition) is 2. The summed E-state index contributed by atoms with van der Waals surface area (Å²) in [6.45, 7) is 2.73. The second kappa shape index (κ2) is 10.2. The molecule has 0 amide bonds. The summed E-state index contributed by atoms with van der Waals surface area (Å²) in [6, 6.07) is 14.2. The van der Waals surface area contributed by atoms with Crippen LogP contribution >= 0.6 is 0 Å². The minimum Gasteiger partial charge on any atom is -1.00 e. The molecule has 2 rings (SSSR count). The molecule has 142 valence electrons. The largest absolute Gasteiger partial charge is 1.00 e. The first-order chi connectivity index (χ1) is 11.9. The standard InChI is InChI=1S/C19H20F3NO2.ClH/c1-14(12-15-6-5-9-17(13-15)19(20,21)22)23-10-11-25-18(24)16-7-3-2-4-8-16;/h2-9,13-14,23H,10-12H2,1H3;1H. The number of nitrogens with two attached hydrogens (primary N) is 1. The van der Waals surface area contributed by atoms with Gasteiger partial charge < -0.3 is 22.5 Å². The monoisotopic (exact) mass is 387 g/mol. The number of hydrogen-bond donors (Lipinski definition) is 1. The molecule has 2 N–H and O–H groups in total. The third-order valence-corrected chi connectivity index (χ3v) is 3.74. The molecule has 1 atom stereocenters. The first-order valence-corrected chi connectivity index (χ1v) is 8.08. The lowest BCUT2D eigenvalue weighted by molar-refractivity contribution is -0.686. The number of carbonyl (C=O) groups excluding carboxylic acids is 1. The van der Waals surface area contributed by atoms with Crippen LogP contribution in [-0.2, 0) is 17.3 Å².